The largest absolute Gasteiger partial charge is 0.493 e. The van der Waals surface area contributed by atoms with Crippen LogP contribution in [0.15, 0.2) is 18.2 Å². The first-order chi connectivity index (χ1) is 14.6. The van der Waals surface area contributed by atoms with E-state index >= 15 is 0 Å². The molecule has 166 valence electrons. The van der Waals surface area contributed by atoms with Crippen LogP contribution >= 0.6 is 0 Å². The average molecular weight is 441 g/mol. The number of alkyl halides is 3. The number of nitrogens with one attached hydrogen (secondary N) is 2. The fraction of sp³-hybridized carbons (Fsp3) is 0.421. The Morgan fingerprint density at radius 2 is 1.90 bits per heavy atom. The molecule has 12 heteroatoms. The van der Waals surface area contributed by atoms with E-state index in [1.54, 1.807) is 5.32 Å². The van der Waals surface area contributed by atoms with Gasteiger partial charge in [-0.05, 0) is 31.4 Å². The van der Waals surface area contributed by atoms with E-state index < -0.39 is 41.8 Å². The van der Waals surface area contributed by atoms with Gasteiger partial charge in [0.15, 0.2) is 0 Å². The SMILES string of the molecule is O=C1CCC(N2C(=O)c3cccc(OCCCCNC(=O)C(F)(F)F)c3C2=O)C(=O)N1. The zero-order chi connectivity index (χ0) is 22.8. The third-order valence-corrected chi connectivity index (χ3v) is 4.80. The molecule has 1 unspecified atom stereocenters. The minimum absolute atomic E-state index is 0.00194. The summed E-state index contributed by atoms with van der Waals surface area (Å²) in [4.78, 5) is 60.5. The maximum absolute atomic E-state index is 12.9. The number of halogens is 3. The molecule has 31 heavy (non-hydrogen) atoms. The van der Waals surface area contributed by atoms with Gasteiger partial charge in [0, 0.05) is 13.0 Å². The third-order valence-electron chi connectivity index (χ3n) is 4.80. The highest BCUT2D eigenvalue weighted by atomic mass is 19.4. The minimum atomic E-state index is -4.94. The molecule has 0 saturated carbocycles. The Hall–Kier alpha value is -3.44. The van der Waals surface area contributed by atoms with Crippen molar-refractivity contribution >= 4 is 29.5 Å². The minimum Gasteiger partial charge on any atom is -0.493 e. The van der Waals surface area contributed by atoms with Gasteiger partial charge in [-0.2, -0.15) is 13.2 Å². The second kappa shape index (κ2) is 8.74. The molecule has 2 N–H and O–H groups in total. The lowest BCUT2D eigenvalue weighted by Crippen LogP contribution is -2.54. The zero-order valence-corrected chi connectivity index (χ0v) is 16.1. The van der Waals surface area contributed by atoms with Crippen LogP contribution in [0, 0.1) is 0 Å². The first kappa shape index (κ1) is 22.2. The van der Waals surface area contributed by atoms with Crippen molar-refractivity contribution in [3.05, 3.63) is 29.3 Å². The first-order valence-electron chi connectivity index (χ1n) is 9.43. The van der Waals surface area contributed by atoms with Gasteiger partial charge in [-0.3, -0.25) is 34.2 Å². The van der Waals surface area contributed by atoms with Crippen molar-refractivity contribution in [1.29, 1.82) is 0 Å². The molecule has 9 nitrogen and oxygen atoms in total. The molecule has 0 aliphatic carbocycles. The molecule has 0 aromatic heterocycles. The average Bonchev–Trinajstić information content (AvgIpc) is 2.95. The standard InChI is InChI=1S/C19H18F3N3O6/c20-19(21,22)18(30)23-8-1-2-9-31-12-5-3-4-10-14(12)17(29)25(16(10)28)11-6-7-13(26)24-15(11)27/h3-5,11H,1-2,6-9H2,(H,23,30)(H,24,26,27). The topological polar surface area (TPSA) is 122 Å². The van der Waals surface area contributed by atoms with Gasteiger partial charge in [0.25, 0.3) is 11.8 Å². The van der Waals surface area contributed by atoms with Crippen molar-refractivity contribution in [3.8, 4) is 5.75 Å². The number of amides is 5. The lowest BCUT2D eigenvalue weighted by atomic mass is 10.0. The fourth-order valence-electron chi connectivity index (χ4n) is 3.32. The molecular formula is C19H18F3N3O6. The summed E-state index contributed by atoms with van der Waals surface area (Å²) in [6, 6.07) is 3.27. The molecule has 3 rings (SSSR count). The van der Waals surface area contributed by atoms with Crippen LogP contribution in [0.1, 0.15) is 46.4 Å². The number of hydrogen-bond donors (Lipinski definition) is 2. The van der Waals surface area contributed by atoms with Crippen LogP contribution in [0.4, 0.5) is 13.2 Å². The van der Waals surface area contributed by atoms with Gasteiger partial charge >= 0.3 is 12.1 Å². The second-order valence-electron chi connectivity index (χ2n) is 6.94. The molecule has 1 saturated heterocycles. The zero-order valence-electron chi connectivity index (χ0n) is 16.1. The van der Waals surface area contributed by atoms with Gasteiger partial charge in [-0.15, -0.1) is 0 Å². The van der Waals surface area contributed by atoms with Gasteiger partial charge in [0.05, 0.1) is 17.7 Å². The number of unbranched alkanes of at least 4 members (excludes halogenated alkanes) is 1. The van der Waals surface area contributed by atoms with E-state index in [1.807, 2.05) is 0 Å². The Morgan fingerprint density at radius 1 is 1.16 bits per heavy atom. The molecule has 0 spiro atoms. The monoisotopic (exact) mass is 441 g/mol. The molecule has 5 amide bonds. The fourth-order valence-corrected chi connectivity index (χ4v) is 3.32. The summed E-state index contributed by atoms with van der Waals surface area (Å²) < 4.78 is 41.9. The number of hydrogen-bond acceptors (Lipinski definition) is 6. The van der Waals surface area contributed by atoms with E-state index in [0.717, 1.165) is 4.90 Å². The van der Waals surface area contributed by atoms with Crippen molar-refractivity contribution in [3.63, 3.8) is 0 Å². The van der Waals surface area contributed by atoms with Crippen molar-refractivity contribution in [2.75, 3.05) is 13.2 Å². The van der Waals surface area contributed by atoms with Gasteiger partial charge in [-0.25, -0.2) is 0 Å². The lowest BCUT2D eigenvalue weighted by Gasteiger charge is -2.27. The number of benzene rings is 1. The van der Waals surface area contributed by atoms with E-state index in [1.165, 1.54) is 18.2 Å². The van der Waals surface area contributed by atoms with E-state index in [4.69, 9.17) is 4.74 Å². The predicted molar refractivity (Wildman–Crippen MR) is 96.9 cm³/mol. The van der Waals surface area contributed by atoms with Gasteiger partial charge in [0.1, 0.15) is 11.8 Å². The lowest BCUT2D eigenvalue weighted by molar-refractivity contribution is -0.173. The molecule has 1 atom stereocenters. The summed E-state index contributed by atoms with van der Waals surface area (Å²) in [5, 5.41) is 3.84. The van der Waals surface area contributed by atoms with E-state index in [-0.39, 0.29) is 55.7 Å². The normalized spacial score (nSPS) is 18.7. The van der Waals surface area contributed by atoms with Crippen LogP contribution in [0.3, 0.4) is 0 Å². The van der Waals surface area contributed by atoms with Crippen LogP contribution in [-0.2, 0) is 14.4 Å². The number of carbonyl (C=O) groups excluding carboxylic acids is 5. The third kappa shape index (κ3) is 4.67. The number of ether oxygens (including phenoxy) is 1. The second-order valence-corrected chi connectivity index (χ2v) is 6.94. The van der Waals surface area contributed by atoms with Gasteiger partial charge < -0.3 is 10.1 Å². The maximum atomic E-state index is 12.9. The smallest absolute Gasteiger partial charge is 0.471 e. The molecule has 1 fully saturated rings. The van der Waals surface area contributed by atoms with Gasteiger partial charge in [0.2, 0.25) is 11.8 Å². The maximum Gasteiger partial charge on any atom is 0.471 e. The molecule has 2 aliphatic rings. The van der Waals surface area contributed by atoms with Crippen LogP contribution in [-0.4, -0.2) is 59.8 Å². The Kier molecular flexibility index (Phi) is 6.27. The Balaban J connectivity index is 1.60. The number of carbonyl (C=O) groups is 5. The highest BCUT2D eigenvalue weighted by Gasteiger charge is 2.46. The number of nitrogens with zero attached hydrogens (tertiary/aromatic N) is 1. The van der Waals surface area contributed by atoms with Crippen molar-refractivity contribution < 1.29 is 41.9 Å². The van der Waals surface area contributed by atoms with Crippen LogP contribution in [0.2, 0.25) is 0 Å². The Morgan fingerprint density at radius 3 is 2.58 bits per heavy atom. The highest BCUT2D eigenvalue weighted by Crippen LogP contribution is 2.33. The number of imide groups is 2. The van der Waals surface area contributed by atoms with E-state index in [2.05, 4.69) is 5.32 Å². The quantitative estimate of drug-likeness (QED) is 0.480. The van der Waals surface area contributed by atoms with E-state index in [0.29, 0.717) is 0 Å². The molecule has 1 aromatic carbocycles. The van der Waals surface area contributed by atoms with Crippen molar-refractivity contribution in [1.82, 2.24) is 15.5 Å². The number of rotatable bonds is 7. The summed E-state index contributed by atoms with van der Waals surface area (Å²) in [5.74, 6) is -4.52. The van der Waals surface area contributed by atoms with Crippen LogP contribution in [0.5, 0.6) is 5.75 Å². The Labute approximate surface area is 173 Å². The number of fused-ring (bicyclic) bond motifs is 1. The molecule has 0 bridgehead atoms. The highest BCUT2D eigenvalue weighted by molar-refractivity contribution is 6.24. The summed E-state index contributed by atoms with van der Waals surface area (Å²) in [6.45, 7) is -0.173. The van der Waals surface area contributed by atoms with E-state index in [9.17, 15) is 37.1 Å². The van der Waals surface area contributed by atoms with Crippen molar-refractivity contribution in [2.24, 2.45) is 0 Å². The first-order valence-corrected chi connectivity index (χ1v) is 9.43. The molecule has 2 heterocycles. The predicted octanol–water partition coefficient (Wildman–Crippen LogP) is 0.925. The number of piperidine rings is 1. The van der Waals surface area contributed by atoms with Gasteiger partial charge in [-0.1, -0.05) is 6.07 Å². The Bertz CT molecular complexity index is 946. The molecule has 1 aromatic rings. The van der Waals surface area contributed by atoms with Crippen molar-refractivity contribution in [2.45, 2.75) is 37.9 Å². The summed E-state index contributed by atoms with van der Waals surface area (Å²) in [7, 11) is 0. The summed E-state index contributed by atoms with van der Waals surface area (Å²) in [5.41, 5.74) is 0.0483. The molecular weight excluding hydrogens is 423 g/mol. The van der Waals surface area contributed by atoms with Crippen LogP contribution < -0.4 is 15.4 Å². The molecule has 0 radical (unpaired) electrons. The van der Waals surface area contributed by atoms with Crippen LogP contribution in [0.25, 0.3) is 0 Å². The summed E-state index contributed by atoms with van der Waals surface area (Å²) >= 11 is 0. The molecule has 2 aliphatic heterocycles. The summed E-state index contributed by atoms with van der Waals surface area (Å²) in [6.07, 6.45) is -4.44.